The summed E-state index contributed by atoms with van der Waals surface area (Å²) in [7, 11) is -4.05. The molecule has 1 amide bonds. The van der Waals surface area contributed by atoms with Gasteiger partial charge >= 0.3 is 0 Å². The molecule has 0 aliphatic heterocycles. The van der Waals surface area contributed by atoms with Crippen LogP contribution in [0.15, 0.2) is 112 Å². The summed E-state index contributed by atoms with van der Waals surface area (Å²) < 4.78 is 34.9. The van der Waals surface area contributed by atoms with Gasteiger partial charge in [-0.3, -0.25) is 9.10 Å². The molecule has 4 rings (SSSR count). The van der Waals surface area contributed by atoms with Crippen LogP contribution in [0.5, 0.6) is 5.75 Å². The summed E-state index contributed by atoms with van der Waals surface area (Å²) in [6, 6.07) is 30.1. The van der Waals surface area contributed by atoms with Crippen LogP contribution < -0.4 is 14.4 Å². The highest BCUT2D eigenvalue weighted by Crippen LogP contribution is 2.28. The van der Waals surface area contributed by atoms with Crippen LogP contribution in [-0.2, 0) is 14.8 Å². The first-order valence-electron chi connectivity index (χ1n) is 12.2. The van der Waals surface area contributed by atoms with Crippen molar-refractivity contribution >= 4 is 37.5 Å². The first-order valence-corrected chi connectivity index (χ1v) is 14.4. The number of ether oxygens (including phenoxy) is 1. The van der Waals surface area contributed by atoms with E-state index in [9.17, 15) is 13.2 Å². The van der Waals surface area contributed by atoms with E-state index in [4.69, 9.17) is 4.74 Å². The predicted molar refractivity (Wildman–Crippen MR) is 154 cm³/mol. The molecule has 0 aliphatic rings. The van der Waals surface area contributed by atoms with Crippen LogP contribution in [0.1, 0.15) is 29.7 Å². The Morgan fingerprint density at radius 1 is 0.895 bits per heavy atom. The summed E-state index contributed by atoms with van der Waals surface area (Å²) in [5, 5.41) is 3.06. The van der Waals surface area contributed by atoms with Gasteiger partial charge in [-0.05, 0) is 73.5 Å². The Labute approximate surface area is 232 Å². The summed E-state index contributed by atoms with van der Waals surface area (Å²) in [4.78, 5) is 13.6. The van der Waals surface area contributed by atoms with Gasteiger partial charge in [-0.2, -0.15) is 0 Å². The number of hydrogen-bond acceptors (Lipinski definition) is 4. The molecule has 0 saturated carbocycles. The lowest BCUT2D eigenvalue weighted by molar-refractivity contribution is -0.120. The van der Waals surface area contributed by atoms with E-state index in [2.05, 4.69) is 21.2 Å². The highest BCUT2D eigenvalue weighted by molar-refractivity contribution is 9.10. The third-order valence-electron chi connectivity index (χ3n) is 5.94. The normalized spacial score (nSPS) is 12.0. The highest BCUT2D eigenvalue weighted by Gasteiger charge is 2.28. The molecule has 0 aliphatic carbocycles. The quantitative estimate of drug-likeness (QED) is 0.236. The van der Waals surface area contributed by atoms with Crippen LogP contribution >= 0.6 is 15.9 Å². The molecule has 4 aromatic rings. The molecule has 38 heavy (non-hydrogen) atoms. The molecule has 0 spiro atoms. The molecule has 0 saturated heterocycles. The van der Waals surface area contributed by atoms with Crippen molar-refractivity contribution in [2.24, 2.45) is 0 Å². The number of halogens is 1. The van der Waals surface area contributed by atoms with Gasteiger partial charge in [0.2, 0.25) is 5.91 Å². The first-order chi connectivity index (χ1) is 18.3. The fraction of sp³-hybridized carbons (Fsp3) is 0.167. The number of benzene rings is 4. The number of anilines is 1. The molecule has 1 atom stereocenters. The second-order valence-electron chi connectivity index (χ2n) is 8.72. The lowest BCUT2D eigenvalue weighted by atomic mass is 9.97. The van der Waals surface area contributed by atoms with Crippen molar-refractivity contribution < 1.29 is 17.9 Å². The van der Waals surface area contributed by atoms with E-state index in [0.29, 0.717) is 18.0 Å². The molecule has 196 valence electrons. The Hall–Kier alpha value is -3.62. The lowest BCUT2D eigenvalue weighted by Gasteiger charge is -2.26. The topological polar surface area (TPSA) is 75.7 Å². The Morgan fingerprint density at radius 2 is 1.55 bits per heavy atom. The van der Waals surface area contributed by atoms with Crippen LogP contribution in [0.2, 0.25) is 0 Å². The van der Waals surface area contributed by atoms with E-state index in [1.165, 1.54) is 12.1 Å². The van der Waals surface area contributed by atoms with Gasteiger partial charge in [0.1, 0.15) is 12.3 Å². The van der Waals surface area contributed by atoms with Gasteiger partial charge in [0.05, 0.1) is 23.2 Å². The molecule has 0 heterocycles. The van der Waals surface area contributed by atoms with E-state index in [0.717, 1.165) is 25.5 Å². The number of carbonyl (C=O) groups excluding carboxylic acids is 1. The summed E-state index contributed by atoms with van der Waals surface area (Å²) in [6.07, 6.45) is 0. The standard InChI is InChI=1S/C30H29BrN2O4S/c1-3-37-27-16-14-26(15-17-27)33(38(35,36)28-18-12-25(31)13-19-28)21-29(34)32-30(23-9-5-4-6-10-23)24-11-7-8-22(2)20-24/h4-20,30H,3,21H2,1-2H3,(H,32,34). The van der Waals surface area contributed by atoms with Gasteiger partial charge in [-0.15, -0.1) is 0 Å². The number of nitrogens with one attached hydrogen (secondary N) is 1. The molecular formula is C30H29BrN2O4S. The molecule has 1 unspecified atom stereocenters. The highest BCUT2D eigenvalue weighted by atomic mass is 79.9. The maximum absolute atomic E-state index is 13.8. The minimum atomic E-state index is -4.05. The molecule has 6 nitrogen and oxygen atoms in total. The SMILES string of the molecule is CCOc1ccc(N(CC(=O)NC(c2ccccc2)c2cccc(C)c2)S(=O)(=O)c2ccc(Br)cc2)cc1. The summed E-state index contributed by atoms with van der Waals surface area (Å²) in [5.41, 5.74) is 3.23. The molecule has 0 radical (unpaired) electrons. The van der Waals surface area contributed by atoms with E-state index in [1.807, 2.05) is 68.4 Å². The van der Waals surface area contributed by atoms with Crippen molar-refractivity contribution in [1.29, 1.82) is 0 Å². The maximum Gasteiger partial charge on any atom is 0.264 e. The van der Waals surface area contributed by atoms with Gasteiger partial charge in [0.15, 0.2) is 0 Å². The minimum absolute atomic E-state index is 0.0840. The van der Waals surface area contributed by atoms with Gasteiger partial charge in [-0.1, -0.05) is 76.1 Å². The van der Waals surface area contributed by atoms with Crippen LogP contribution in [0, 0.1) is 6.92 Å². The Balaban J connectivity index is 1.68. The molecule has 0 aromatic heterocycles. The summed E-state index contributed by atoms with van der Waals surface area (Å²) in [5.74, 6) is 0.181. The third-order valence-corrected chi connectivity index (χ3v) is 8.25. The fourth-order valence-corrected chi connectivity index (χ4v) is 5.80. The van der Waals surface area contributed by atoms with Crippen LogP contribution in [0.4, 0.5) is 5.69 Å². The number of sulfonamides is 1. The molecule has 1 N–H and O–H groups in total. The zero-order valence-electron chi connectivity index (χ0n) is 21.2. The third kappa shape index (κ3) is 6.62. The van der Waals surface area contributed by atoms with E-state index in [-0.39, 0.29) is 4.90 Å². The Bertz CT molecular complexity index is 1480. The zero-order valence-corrected chi connectivity index (χ0v) is 23.6. The number of aryl methyl sites for hydroxylation is 1. The van der Waals surface area contributed by atoms with E-state index >= 15 is 0 Å². The Kier molecular flexibility index (Phi) is 8.86. The van der Waals surface area contributed by atoms with Crippen molar-refractivity contribution in [3.05, 3.63) is 124 Å². The largest absolute Gasteiger partial charge is 0.494 e. The monoisotopic (exact) mass is 592 g/mol. The minimum Gasteiger partial charge on any atom is -0.494 e. The van der Waals surface area contributed by atoms with Crippen molar-refractivity contribution in [2.45, 2.75) is 24.8 Å². The van der Waals surface area contributed by atoms with Crippen molar-refractivity contribution in [2.75, 3.05) is 17.5 Å². The first kappa shape index (κ1) is 27.4. The smallest absolute Gasteiger partial charge is 0.264 e. The maximum atomic E-state index is 13.8. The molecule has 0 bridgehead atoms. The molecular weight excluding hydrogens is 564 g/mol. The predicted octanol–water partition coefficient (Wildman–Crippen LogP) is 6.26. The molecule has 8 heteroatoms. The van der Waals surface area contributed by atoms with Crippen molar-refractivity contribution in [1.82, 2.24) is 5.32 Å². The van der Waals surface area contributed by atoms with Gasteiger partial charge in [0.25, 0.3) is 10.0 Å². The number of hydrogen-bond donors (Lipinski definition) is 1. The van der Waals surface area contributed by atoms with Gasteiger partial charge < -0.3 is 10.1 Å². The summed E-state index contributed by atoms with van der Waals surface area (Å²) >= 11 is 3.35. The Morgan fingerprint density at radius 3 is 2.18 bits per heavy atom. The van der Waals surface area contributed by atoms with Crippen LogP contribution in [-0.4, -0.2) is 27.5 Å². The molecule has 4 aromatic carbocycles. The van der Waals surface area contributed by atoms with Crippen molar-refractivity contribution in [3.63, 3.8) is 0 Å². The number of nitrogens with zero attached hydrogens (tertiary/aromatic N) is 1. The van der Waals surface area contributed by atoms with Crippen molar-refractivity contribution in [3.8, 4) is 5.75 Å². The lowest BCUT2D eigenvalue weighted by Crippen LogP contribution is -2.42. The average Bonchev–Trinajstić information content (AvgIpc) is 2.92. The van der Waals surface area contributed by atoms with Crippen LogP contribution in [0.3, 0.4) is 0 Å². The average molecular weight is 594 g/mol. The van der Waals surface area contributed by atoms with E-state index < -0.39 is 28.5 Å². The van der Waals surface area contributed by atoms with Gasteiger partial charge in [0, 0.05) is 4.47 Å². The number of rotatable bonds is 10. The van der Waals surface area contributed by atoms with Gasteiger partial charge in [-0.25, -0.2) is 8.42 Å². The van der Waals surface area contributed by atoms with Crippen LogP contribution in [0.25, 0.3) is 0 Å². The number of carbonyl (C=O) groups is 1. The second-order valence-corrected chi connectivity index (χ2v) is 11.5. The fourth-order valence-electron chi connectivity index (χ4n) is 4.12. The number of amides is 1. The summed E-state index contributed by atoms with van der Waals surface area (Å²) in [6.45, 7) is 3.95. The zero-order chi connectivity index (χ0) is 27.1. The second kappa shape index (κ2) is 12.3. The molecule has 0 fully saturated rings. The van der Waals surface area contributed by atoms with E-state index in [1.54, 1.807) is 36.4 Å².